The van der Waals surface area contributed by atoms with Crippen LogP contribution in [-0.4, -0.2) is 19.8 Å². The van der Waals surface area contributed by atoms with Crippen LogP contribution < -0.4 is 0 Å². The molecule has 0 spiro atoms. The van der Waals surface area contributed by atoms with Crippen molar-refractivity contribution in [1.82, 2.24) is 0 Å². The molecular weight excluding hydrogens is 235 g/mol. The number of hydrogen-bond acceptors (Lipinski definition) is 5. The van der Waals surface area contributed by atoms with Crippen LogP contribution >= 0.6 is 18.4 Å². The summed E-state index contributed by atoms with van der Waals surface area (Å²) in [6.07, 6.45) is 4.85. The van der Waals surface area contributed by atoms with Gasteiger partial charge in [0.1, 0.15) is 0 Å². The van der Waals surface area contributed by atoms with Gasteiger partial charge in [-0.1, -0.05) is 0 Å². The van der Waals surface area contributed by atoms with Gasteiger partial charge < -0.3 is 0 Å². The van der Waals surface area contributed by atoms with Gasteiger partial charge in [0.15, 0.2) is 0 Å². The van der Waals surface area contributed by atoms with Crippen molar-refractivity contribution in [3.8, 4) is 0 Å². The average Bonchev–Trinajstić information content (AvgIpc) is 2.99. The minimum absolute atomic E-state index is 0.319. The first-order chi connectivity index (χ1) is 7.20. The zero-order chi connectivity index (χ0) is 11.2. The van der Waals surface area contributed by atoms with Gasteiger partial charge in [0.05, 0.1) is 0 Å². The van der Waals surface area contributed by atoms with Crippen molar-refractivity contribution in [2.75, 3.05) is 19.8 Å². The molecule has 1 heterocycles. The summed E-state index contributed by atoms with van der Waals surface area (Å²) in [4.78, 5) is 0. The van der Waals surface area contributed by atoms with Crippen LogP contribution in [0, 0.1) is 0 Å². The van der Waals surface area contributed by atoms with Gasteiger partial charge in [0.2, 0.25) is 0 Å². The van der Waals surface area contributed by atoms with Crippen LogP contribution in [0.4, 0.5) is 0 Å². The normalized spacial score (nSPS) is 23.3. The zero-order valence-corrected chi connectivity index (χ0v) is 10.2. The van der Waals surface area contributed by atoms with Crippen LogP contribution in [-0.2, 0) is 17.5 Å². The van der Waals surface area contributed by atoms with Gasteiger partial charge in [-0.25, -0.2) is 0 Å². The number of rotatable bonds is 9. The monoisotopic (exact) mass is 250 g/mol. The molecule has 0 radical (unpaired) electrons. The van der Waals surface area contributed by atoms with Gasteiger partial charge in [0, 0.05) is 0 Å². The van der Waals surface area contributed by atoms with E-state index < -0.39 is 6.71 Å². The second-order valence-corrected chi connectivity index (χ2v) is 7.89. The van der Waals surface area contributed by atoms with E-state index in [2.05, 4.69) is 19.7 Å². The predicted octanol–water partition coefficient (Wildman–Crippen LogP) is 3.40. The number of hydrogen-bond donors (Lipinski definition) is 0. The first kappa shape index (κ1) is 12.9. The van der Waals surface area contributed by atoms with Crippen molar-refractivity contribution in [1.29, 1.82) is 0 Å². The summed E-state index contributed by atoms with van der Waals surface area (Å²) >= 11 is 1.10. The molecule has 0 saturated carbocycles. The molecule has 1 saturated heterocycles. The fraction of sp³-hybridized carbons (Fsp3) is 0.333. The van der Waals surface area contributed by atoms with E-state index in [0.717, 1.165) is 11.7 Å². The first-order valence-electron chi connectivity index (χ1n) is 4.40. The van der Waals surface area contributed by atoms with Crippen LogP contribution in [0.2, 0.25) is 0 Å². The van der Waals surface area contributed by atoms with Crippen LogP contribution in [0.5, 0.6) is 0 Å². The summed E-state index contributed by atoms with van der Waals surface area (Å²) in [6, 6.07) is 0. The summed E-state index contributed by atoms with van der Waals surface area (Å²) < 4.78 is 21.7. The molecule has 0 unspecified atom stereocenters. The Morgan fingerprint density at radius 3 is 1.47 bits per heavy atom. The Labute approximate surface area is 94.1 Å². The summed E-state index contributed by atoms with van der Waals surface area (Å²) in [5.74, 6) is 0. The van der Waals surface area contributed by atoms with Gasteiger partial charge in [-0.3, -0.25) is 0 Å². The third-order valence-electron chi connectivity index (χ3n) is 1.47. The molecule has 0 atom stereocenters. The second kappa shape index (κ2) is 5.25. The van der Waals surface area contributed by atoms with Crippen molar-refractivity contribution in [2.45, 2.75) is 0 Å². The van der Waals surface area contributed by atoms with E-state index in [1.54, 1.807) is 18.2 Å². The minimum atomic E-state index is -3.33. The van der Waals surface area contributed by atoms with Crippen molar-refractivity contribution in [2.24, 2.45) is 0 Å². The molecule has 0 aromatic heterocycles. The topological polar surface area (TPSA) is 40.2 Å². The standard InChI is InChI=1S/C9H15O4PS/c1-4-7-10-14(13-15-14,11-8-5-2)12-9-6-3/h4-6H,1-3,7-9H2. The summed E-state index contributed by atoms with van der Waals surface area (Å²) in [6.45, 7) is 8.31. The average molecular weight is 250 g/mol. The molecule has 1 fully saturated rings. The van der Waals surface area contributed by atoms with E-state index in [4.69, 9.17) is 17.5 Å². The third kappa shape index (κ3) is 3.14. The zero-order valence-electron chi connectivity index (χ0n) is 8.46. The molecule has 86 valence electrons. The van der Waals surface area contributed by atoms with Gasteiger partial charge in [-0.05, 0) is 0 Å². The molecule has 6 heteroatoms. The SMILES string of the molecule is C=CCOP1(OCC=C)(OCC=C)OS1. The quantitative estimate of drug-likeness (QED) is 0.271. The third-order valence-corrected chi connectivity index (χ3v) is 6.18. The fourth-order valence-electron chi connectivity index (χ4n) is 0.805. The molecule has 0 N–H and O–H groups in total. The molecular formula is C9H15O4PS. The van der Waals surface area contributed by atoms with Crippen LogP contribution in [0.25, 0.3) is 0 Å². The van der Waals surface area contributed by atoms with E-state index in [0.29, 0.717) is 19.8 Å². The van der Waals surface area contributed by atoms with E-state index in [1.165, 1.54) is 0 Å². The maximum atomic E-state index is 5.49. The van der Waals surface area contributed by atoms with Gasteiger partial charge in [0.25, 0.3) is 0 Å². The van der Waals surface area contributed by atoms with E-state index in [9.17, 15) is 0 Å². The van der Waals surface area contributed by atoms with Crippen molar-refractivity contribution < 1.29 is 17.5 Å². The van der Waals surface area contributed by atoms with Gasteiger partial charge in [-0.2, -0.15) is 0 Å². The van der Waals surface area contributed by atoms with Crippen LogP contribution in [0.15, 0.2) is 38.0 Å². The Hall–Kier alpha value is -0.160. The molecule has 0 amide bonds. The predicted molar refractivity (Wildman–Crippen MR) is 64.0 cm³/mol. The molecule has 15 heavy (non-hydrogen) atoms. The maximum absolute atomic E-state index is 5.49. The Kier molecular flexibility index (Phi) is 4.52. The van der Waals surface area contributed by atoms with E-state index >= 15 is 0 Å². The fourth-order valence-corrected chi connectivity index (χ4v) is 4.72. The van der Waals surface area contributed by atoms with Gasteiger partial charge >= 0.3 is 93.7 Å². The second-order valence-electron chi connectivity index (χ2n) is 2.65. The Morgan fingerprint density at radius 2 is 1.27 bits per heavy atom. The first-order valence-corrected chi connectivity index (χ1v) is 7.65. The molecule has 0 aliphatic carbocycles. The summed E-state index contributed by atoms with van der Waals surface area (Å²) in [7, 11) is 0. The summed E-state index contributed by atoms with van der Waals surface area (Å²) in [5, 5.41) is 0. The Balaban J connectivity index is 2.60. The summed E-state index contributed by atoms with van der Waals surface area (Å²) in [5.41, 5.74) is 0. The van der Waals surface area contributed by atoms with E-state index in [-0.39, 0.29) is 0 Å². The molecule has 0 aromatic carbocycles. The molecule has 0 aromatic rings. The molecule has 0 bridgehead atoms. The van der Waals surface area contributed by atoms with Crippen LogP contribution in [0.3, 0.4) is 0 Å². The van der Waals surface area contributed by atoms with Crippen LogP contribution in [0.1, 0.15) is 0 Å². The molecule has 1 aliphatic heterocycles. The van der Waals surface area contributed by atoms with Gasteiger partial charge in [-0.15, -0.1) is 0 Å². The van der Waals surface area contributed by atoms with E-state index in [1.807, 2.05) is 0 Å². The Bertz CT molecular complexity index is 227. The van der Waals surface area contributed by atoms with Crippen molar-refractivity contribution >= 4 is 18.4 Å². The Morgan fingerprint density at radius 1 is 0.933 bits per heavy atom. The van der Waals surface area contributed by atoms with Crippen molar-refractivity contribution in [3.63, 3.8) is 0 Å². The van der Waals surface area contributed by atoms with Crippen molar-refractivity contribution in [3.05, 3.63) is 38.0 Å². The molecule has 4 nitrogen and oxygen atoms in total. The molecule has 1 aliphatic rings. The molecule has 1 rings (SSSR count).